The highest BCUT2D eigenvalue weighted by molar-refractivity contribution is 8.01. The van der Waals surface area contributed by atoms with Crippen LogP contribution in [0.5, 0.6) is 0 Å². The normalized spacial score (nSPS) is 11.2. The molecule has 0 unspecified atom stereocenters. The molecule has 0 saturated carbocycles. The average Bonchev–Trinajstić information content (AvgIpc) is 2.67. The fourth-order valence-electron chi connectivity index (χ4n) is 2.90. The van der Waals surface area contributed by atoms with E-state index in [0.29, 0.717) is 12.2 Å². The second kappa shape index (κ2) is 7.81. The molecule has 0 aliphatic carbocycles. The summed E-state index contributed by atoms with van der Waals surface area (Å²) in [6.07, 6.45) is 1.72. The summed E-state index contributed by atoms with van der Waals surface area (Å²) in [6.45, 7) is 5.82. The van der Waals surface area contributed by atoms with E-state index < -0.39 is 4.75 Å². The fourth-order valence-corrected chi connectivity index (χ4v) is 3.92. The number of carbonyl (C=O) groups is 1. The van der Waals surface area contributed by atoms with E-state index in [1.165, 1.54) is 11.8 Å². The van der Waals surface area contributed by atoms with Crippen molar-refractivity contribution in [3.8, 4) is 17.2 Å². The van der Waals surface area contributed by atoms with Crippen LogP contribution in [-0.2, 0) is 9.53 Å². The number of pyridine rings is 1. The maximum atomic E-state index is 12.3. The minimum Gasteiger partial charge on any atom is -0.465 e. The van der Waals surface area contributed by atoms with Gasteiger partial charge >= 0.3 is 5.97 Å². The molecule has 27 heavy (non-hydrogen) atoms. The van der Waals surface area contributed by atoms with Crippen molar-refractivity contribution in [1.82, 2.24) is 4.98 Å². The van der Waals surface area contributed by atoms with Crippen LogP contribution in [0.1, 0.15) is 26.3 Å². The molecule has 5 heteroatoms. The first-order chi connectivity index (χ1) is 13.0. The predicted molar refractivity (Wildman–Crippen MR) is 108 cm³/mol. The molecule has 3 aromatic rings. The van der Waals surface area contributed by atoms with Crippen molar-refractivity contribution in [3.63, 3.8) is 0 Å². The van der Waals surface area contributed by atoms with E-state index in [0.717, 1.165) is 26.9 Å². The molecule has 0 radical (unpaired) electrons. The van der Waals surface area contributed by atoms with Gasteiger partial charge in [-0.3, -0.25) is 4.79 Å². The molecule has 4 nitrogen and oxygen atoms in total. The molecule has 136 valence electrons. The number of aromatic nitrogens is 1. The minimum absolute atomic E-state index is 0.267. The Morgan fingerprint density at radius 3 is 2.56 bits per heavy atom. The standard InChI is InChI=1S/C22H20N2O2S/c1-4-26-21(25)22(2,3)27-20-19(10-7-13-24-20)18-12-11-15(14-23)16-8-5-6-9-17(16)18/h5-13H,4H2,1-3H3. The van der Waals surface area contributed by atoms with Crippen LogP contribution in [0.2, 0.25) is 0 Å². The number of fused-ring (bicyclic) bond motifs is 1. The number of hydrogen-bond donors (Lipinski definition) is 0. The van der Waals surface area contributed by atoms with Gasteiger partial charge in [0.1, 0.15) is 9.77 Å². The van der Waals surface area contributed by atoms with Gasteiger partial charge in [-0.05, 0) is 43.9 Å². The number of thioether (sulfide) groups is 1. The summed E-state index contributed by atoms with van der Waals surface area (Å²) in [6, 6.07) is 17.7. The largest absolute Gasteiger partial charge is 0.465 e. The fraction of sp³-hybridized carbons (Fsp3) is 0.227. The maximum Gasteiger partial charge on any atom is 0.322 e. The summed E-state index contributed by atoms with van der Waals surface area (Å²) >= 11 is 1.38. The second-order valence-corrected chi connectivity index (χ2v) is 8.12. The van der Waals surface area contributed by atoms with Gasteiger partial charge in [0.05, 0.1) is 18.2 Å². The Hall–Kier alpha value is -2.84. The third-order valence-corrected chi connectivity index (χ3v) is 5.42. The highest BCUT2D eigenvalue weighted by atomic mass is 32.2. The molecular weight excluding hydrogens is 356 g/mol. The van der Waals surface area contributed by atoms with Gasteiger partial charge in [0, 0.05) is 17.1 Å². The molecule has 0 N–H and O–H groups in total. The molecule has 0 atom stereocenters. The summed E-state index contributed by atoms with van der Waals surface area (Å²) in [7, 11) is 0. The molecule has 1 heterocycles. The second-order valence-electron chi connectivity index (χ2n) is 6.51. The quantitative estimate of drug-likeness (QED) is 0.452. The zero-order chi connectivity index (χ0) is 19.4. The Labute approximate surface area is 163 Å². The summed E-state index contributed by atoms with van der Waals surface area (Å²) in [5, 5.41) is 12.0. The number of nitrogens with zero attached hydrogens (tertiary/aromatic N) is 2. The van der Waals surface area contributed by atoms with Crippen LogP contribution < -0.4 is 0 Å². The zero-order valence-corrected chi connectivity index (χ0v) is 16.3. The van der Waals surface area contributed by atoms with E-state index in [4.69, 9.17) is 4.74 Å². The van der Waals surface area contributed by atoms with Crippen LogP contribution in [0.4, 0.5) is 0 Å². The van der Waals surface area contributed by atoms with Crippen molar-refractivity contribution in [2.75, 3.05) is 6.61 Å². The average molecular weight is 376 g/mol. The van der Waals surface area contributed by atoms with Crippen molar-refractivity contribution >= 4 is 28.5 Å². The molecule has 0 saturated heterocycles. The third-order valence-electron chi connectivity index (χ3n) is 4.22. The van der Waals surface area contributed by atoms with Gasteiger partial charge in [0.25, 0.3) is 0 Å². The highest BCUT2D eigenvalue weighted by Crippen LogP contribution is 2.40. The lowest BCUT2D eigenvalue weighted by molar-refractivity contribution is -0.145. The topological polar surface area (TPSA) is 63.0 Å². The number of ether oxygens (including phenoxy) is 1. The van der Waals surface area contributed by atoms with E-state index in [1.54, 1.807) is 13.1 Å². The van der Waals surface area contributed by atoms with Crippen LogP contribution in [0, 0.1) is 11.3 Å². The number of hydrogen-bond acceptors (Lipinski definition) is 5. The lowest BCUT2D eigenvalue weighted by Gasteiger charge is -2.22. The third kappa shape index (κ3) is 3.81. The Morgan fingerprint density at radius 1 is 1.11 bits per heavy atom. The summed E-state index contributed by atoms with van der Waals surface area (Å²) < 4.78 is 4.44. The molecule has 3 rings (SSSR count). The monoisotopic (exact) mass is 376 g/mol. The molecule has 1 aromatic heterocycles. The first-order valence-electron chi connectivity index (χ1n) is 8.71. The van der Waals surface area contributed by atoms with Crippen molar-refractivity contribution in [2.24, 2.45) is 0 Å². The van der Waals surface area contributed by atoms with Crippen molar-refractivity contribution in [2.45, 2.75) is 30.5 Å². The van der Waals surface area contributed by atoms with Gasteiger partial charge in [0.15, 0.2) is 0 Å². The van der Waals surface area contributed by atoms with Crippen molar-refractivity contribution in [1.29, 1.82) is 5.26 Å². The minimum atomic E-state index is -0.762. The van der Waals surface area contributed by atoms with E-state index in [-0.39, 0.29) is 5.97 Å². The van der Waals surface area contributed by atoms with Crippen LogP contribution in [0.3, 0.4) is 0 Å². The summed E-state index contributed by atoms with van der Waals surface area (Å²) in [5.41, 5.74) is 2.56. The Balaban J connectivity index is 2.12. The highest BCUT2D eigenvalue weighted by Gasteiger charge is 2.32. The first-order valence-corrected chi connectivity index (χ1v) is 9.53. The number of benzene rings is 2. The van der Waals surface area contributed by atoms with Gasteiger partial charge in [-0.2, -0.15) is 5.26 Å². The molecule has 0 aliphatic rings. The lowest BCUT2D eigenvalue weighted by atomic mass is 9.96. The van der Waals surface area contributed by atoms with Crippen molar-refractivity contribution < 1.29 is 9.53 Å². The summed E-state index contributed by atoms with van der Waals surface area (Å²) in [4.78, 5) is 16.8. The predicted octanol–water partition coefficient (Wildman–Crippen LogP) is 5.21. The molecule has 0 spiro atoms. The maximum absolute atomic E-state index is 12.3. The molecule has 0 fully saturated rings. The molecule has 0 aliphatic heterocycles. The smallest absolute Gasteiger partial charge is 0.322 e. The Morgan fingerprint density at radius 2 is 1.85 bits per heavy atom. The Kier molecular flexibility index (Phi) is 5.48. The first kappa shape index (κ1) is 18.9. The van der Waals surface area contributed by atoms with Gasteiger partial charge in [-0.1, -0.05) is 48.2 Å². The van der Waals surface area contributed by atoms with Crippen LogP contribution in [0.15, 0.2) is 59.8 Å². The van der Waals surface area contributed by atoms with E-state index in [9.17, 15) is 10.1 Å². The van der Waals surface area contributed by atoms with Gasteiger partial charge in [0.2, 0.25) is 0 Å². The van der Waals surface area contributed by atoms with E-state index in [2.05, 4.69) is 11.1 Å². The summed E-state index contributed by atoms with van der Waals surface area (Å²) in [5.74, 6) is -0.267. The van der Waals surface area contributed by atoms with E-state index in [1.807, 2.05) is 62.4 Å². The van der Waals surface area contributed by atoms with Gasteiger partial charge < -0.3 is 4.74 Å². The van der Waals surface area contributed by atoms with Crippen molar-refractivity contribution in [3.05, 3.63) is 60.3 Å². The number of carbonyl (C=O) groups excluding carboxylic acids is 1. The number of esters is 1. The van der Waals surface area contributed by atoms with Crippen LogP contribution in [0.25, 0.3) is 21.9 Å². The lowest BCUT2D eigenvalue weighted by Crippen LogP contribution is -2.30. The number of nitriles is 1. The Bertz CT molecular complexity index is 1040. The van der Waals surface area contributed by atoms with Crippen LogP contribution >= 0.6 is 11.8 Å². The van der Waals surface area contributed by atoms with Gasteiger partial charge in [-0.15, -0.1) is 0 Å². The molecule has 2 aromatic carbocycles. The zero-order valence-electron chi connectivity index (χ0n) is 15.5. The van der Waals surface area contributed by atoms with Crippen LogP contribution in [-0.4, -0.2) is 22.3 Å². The number of rotatable bonds is 5. The van der Waals surface area contributed by atoms with Gasteiger partial charge in [-0.25, -0.2) is 4.98 Å². The molecule has 0 bridgehead atoms. The molecular formula is C22H20N2O2S. The van der Waals surface area contributed by atoms with E-state index >= 15 is 0 Å². The molecule has 0 amide bonds. The SMILES string of the molecule is CCOC(=O)C(C)(C)Sc1ncccc1-c1ccc(C#N)c2ccccc12.